The van der Waals surface area contributed by atoms with Gasteiger partial charge in [-0.2, -0.15) is 0 Å². The second-order valence-electron chi connectivity index (χ2n) is 6.94. The lowest BCUT2D eigenvalue weighted by Crippen LogP contribution is -2.42. The highest BCUT2D eigenvalue weighted by Gasteiger charge is 2.32. The third-order valence-electron chi connectivity index (χ3n) is 4.97. The maximum absolute atomic E-state index is 13.2. The van der Waals surface area contributed by atoms with Gasteiger partial charge in [0, 0.05) is 12.2 Å². The SMILES string of the molecule is Cc1ccc(CN2C(=O)c3ccccc3N[C@@H]2c2ccc(C(=O)O)cc2)cc1. The number of hydrogen-bond acceptors (Lipinski definition) is 3. The Balaban J connectivity index is 1.73. The lowest BCUT2D eigenvalue weighted by atomic mass is 10.0. The van der Waals surface area contributed by atoms with E-state index in [9.17, 15) is 9.59 Å². The maximum Gasteiger partial charge on any atom is 0.335 e. The molecule has 0 aromatic heterocycles. The van der Waals surface area contributed by atoms with Crippen molar-refractivity contribution < 1.29 is 14.7 Å². The molecule has 1 atom stereocenters. The van der Waals surface area contributed by atoms with E-state index < -0.39 is 5.97 Å². The highest BCUT2D eigenvalue weighted by atomic mass is 16.4. The Kier molecular flexibility index (Phi) is 4.57. The van der Waals surface area contributed by atoms with Gasteiger partial charge in [0.1, 0.15) is 6.17 Å². The number of carbonyl (C=O) groups excluding carboxylic acids is 1. The number of benzene rings is 3. The van der Waals surface area contributed by atoms with Gasteiger partial charge in [-0.1, -0.05) is 54.1 Å². The van der Waals surface area contributed by atoms with Gasteiger partial charge in [0.05, 0.1) is 11.1 Å². The van der Waals surface area contributed by atoms with Crippen LogP contribution in [0.3, 0.4) is 0 Å². The van der Waals surface area contributed by atoms with Crippen molar-refractivity contribution in [2.45, 2.75) is 19.6 Å². The number of nitrogens with one attached hydrogen (secondary N) is 1. The van der Waals surface area contributed by atoms with Gasteiger partial charge in [-0.3, -0.25) is 4.79 Å². The van der Waals surface area contributed by atoms with E-state index in [2.05, 4.69) is 5.32 Å². The molecule has 4 rings (SSSR count). The summed E-state index contributed by atoms with van der Waals surface area (Å²) in [7, 11) is 0. The molecular formula is C23H20N2O3. The molecule has 0 spiro atoms. The van der Waals surface area contributed by atoms with E-state index >= 15 is 0 Å². The largest absolute Gasteiger partial charge is 0.478 e. The van der Waals surface area contributed by atoms with Crippen LogP contribution in [0.25, 0.3) is 0 Å². The van der Waals surface area contributed by atoms with E-state index in [0.717, 1.165) is 22.4 Å². The average molecular weight is 372 g/mol. The fourth-order valence-electron chi connectivity index (χ4n) is 3.42. The number of fused-ring (bicyclic) bond motifs is 1. The first-order valence-corrected chi connectivity index (χ1v) is 9.08. The van der Waals surface area contributed by atoms with Gasteiger partial charge >= 0.3 is 5.97 Å². The summed E-state index contributed by atoms with van der Waals surface area (Å²) in [6.07, 6.45) is -0.383. The van der Waals surface area contributed by atoms with Crippen LogP contribution in [0, 0.1) is 6.92 Å². The van der Waals surface area contributed by atoms with Crippen LogP contribution in [0.5, 0.6) is 0 Å². The minimum Gasteiger partial charge on any atom is -0.478 e. The first kappa shape index (κ1) is 17.8. The van der Waals surface area contributed by atoms with Gasteiger partial charge < -0.3 is 15.3 Å². The zero-order chi connectivity index (χ0) is 19.7. The molecule has 0 bridgehead atoms. The zero-order valence-electron chi connectivity index (χ0n) is 15.4. The number of para-hydroxylation sites is 1. The summed E-state index contributed by atoms with van der Waals surface area (Å²) in [5.74, 6) is -1.02. The number of nitrogens with zero attached hydrogens (tertiary/aromatic N) is 1. The van der Waals surface area contributed by atoms with Crippen molar-refractivity contribution in [2.24, 2.45) is 0 Å². The van der Waals surface area contributed by atoms with E-state index in [1.54, 1.807) is 29.2 Å². The first-order valence-electron chi connectivity index (χ1n) is 9.08. The van der Waals surface area contributed by atoms with Crippen LogP contribution >= 0.6 is 0 Å². The van der Waals surface area contributed by atoms with Gasteiger partial charge in [-0.15, -0.1) is 0 Å². The molecule has 0 fully saturated rings. The van der Waals surface area contributed by atoms with Crippen LogP contribution in [0.2, 0.25) is 0 Å². The molecule has 1 amide bonds. The molecular weight excluding hydrogens is 352 g/mol. The number of aromatic carboxylic acids is 1. The molecule has 1 aliphatic heterocycles. The van der Waals surface area contributed by atoms with Crippen LogP contribution in [0.4, 0.5) is 5.69 Å². The summed E-state index contributed by atoms with van der Waals surface area (Å²) in [5.41, 5.74) is 4.66. The third kappa shape index (κ3) is 3.34. The number of anilines is 1. The van der Waals surface area contributed by atoms with Crippen LogP contribution in [0.15, 0.2) is 72.8 Å². The number of hydrogen-bond donors (Lipinski definition) is 2. The second kappa shape index (κ2) is 7.19. The molecule has 2 N–H and O–H groups in total. The number of amides is 1. The summed E-state index contributed by atoms with van der Waals surface area (Å²) < 4.78 is 0. The summed E-state index contributed by atoms with van der Waals surface area (Å²) in [6, 6.07) is 22.2. The number of carboxylic acids is 1. The lowest BCUT2D eigenvalue weighted by molar-refractivity contribution is 0.0662. The molecule has 0 saturated carbocycles. The van der Waals surface area contributed by atoms with Crippen molar-refractivity contribution in [3.05, 3.63) is 101 Å². The molecule has 5 heteroatoms. The lowest BCUT2D eigenvalue weighted by Gasteiger charge is -2.38. The van der Waals surface area contributed by atoms with Crippen molar-refractivity contribution in [3.63, 3.8) is 0 Å². The van der Waals surface area contributed by atoms with Crippen LogP contribution < -0.4 is 5.32 Å². The predicted octanol–water partition coefficient (Wildman–Crippen LogP) is 4.46. The van der Waals surface area contributed by atoms with E-state index in [4.69, 9.17) is 5.11 Å². The van der Waals surface area contributed by atoms with Gasteiger partial charge in [0.2, 0.25) is 0 Å². The van der Waals surface area contributed by atoms with Gasteiger partial charge in [-0.25, -0.2) is 4.79 Å². The molecule has 140 valence electrons. The first-order chi connectivity index (χ1) is 13.5. The molecule has 3 aromatic rings. The number of carbonyl (C=O) groups is 2. The quantitative estimate of drug-likeness (QED) is 0.709. The number of carboxylic acid groups (broad SMARTS) is 1. The summed E-state index contributed by atoms with van der Waals surface area (Å²) in [5, 5.41) is 12.6. The smallest absolute Gasteiger partial charge is 0.335 e. The van der Waals surface area contributed by atoms with Crippen molar-refractivity contribution in [1.82, 2.24) is 4.90 Å². The normalized spacial score (nSPS) is 15.7. The molecule has 0 radical (unpaired) electrons. The van der Waals surface area contributed by atoms with Crippen LogP contribution in [-0.4, -0.2) is 21.9 Å². The third-order valence-corrected chi connectivity index (χ3v) is 4.97. The van der Waals surface area contributed by atoms with Gasteiger partial charge in [0.15, 0.2) is 0 Å². The minimum absolute atomic E-state index is 0.0535. The van der Waals surface area contributed by atoms with Crippen molar-refractivity contribution in [2.75, 3.05) is 5.32 Å². The Morgan fingerprint density at radius 2 is 1.68 bits per heavy atom. The summed E-state index contributed by atoms with van der Waals surface area (Å²) in [6.45, 7) is 2.48. The molecule has 3 aromatic carbocycles. The molecule has 0 saturated heterocycles. The van der Waals surface area contributed by atoms with Crippen LogP contribution in [0.1, 0.15) is 43.6 Å². The molecule has 1 heterocycles. The molecule has 0 unspecified atom stereocenters. The second-order valence-corrected chi connectivity index (χ2v) is 6.94. The van der Waals surface area contributed by atoms with Crippen molar-refractivity contribution in [1.29, 1.82) is 0 Å². The standard InChI is InChI=1S/C23H20N2O3/c1-15-6-8-16(9-7-15)14-25-21(17-10-12-18(13-11-17)23(27)28)24-20-5-3-2-4-19(20)22(25)26/h2-13,21,24H,14H2,1H3,(H,27,28)/t21-/m0/s1. The van der Waals surface area contributed by atoms with E-state index in [0.29, 0.717) is 12.1 Å². The topological polar surface area (TPSA) is 69.6 Å². The van der Waals surface area contributed by atoms with E-state index in [1.165, 1.54) is 0 Å². The Labute approximate surface area is 163 Å². The fraction of sp³-hybridized carbons (Fsp3) is 0.130. The van der Waals surface area contributed by atoms with Gasteiger partial charge in [-0.05, 0) is 42.3 Å². The van der Waals surface area contributed by atoms with Crippen molar-refractivity contribution in [3.8, 4) is 0 Å². The number of aryl methyl sites for hydroxylation is 1. The predicted molar refractivity (Wildman–Crippen MR) is 107 cm³/mol. The van der Waals surface area contributed by atoms with E-state index in [1.807, 2.05) is 55.5 Å². The molecule has 1 aliphatic rings. The Bertz CT molecular complexity index is 1030. The minimum atomic E-state index is -0.971. The summed E-state index contributed by atoms with van der Waals surface area (Å²) >= 11 is 0. The highest BCUT2D eigenvalue weighted by molar-refractivity contribution is 6.01. The maximum atomic E-state index is 13.2. The summed E-state index contributed by atoms with van der Waals surface area (Å²) in [4.78, 5) is 26.2. The van der Waals surface area contributed by atoms with E-state index in [-0.39, 0.29) is 17.6 Å². The fourth-order valence-corrected chi connectivity index (χ4v) is 3.42. The molecule has 5 nitrogen and oxygen atoms in total. The average Bonchev–Trinajstić information content (AvgIpc) is 2.71. The highest BCUT2D eigenvalue weighted by Crippen LogP contribution is 2.34. The van der Waals surface area contributed by atoms with Crippen molar-refractivity contribution >= 4 is 17.6 Å². The Hall–Kier alpha value is -3.60. The Morgan fingerprint density at radius 1 is 1.00 bits per heavy atom. The Morgan fingerprint density at radius 3 is 2.36 bits per heavy atom. The van der Waals surface area contributed by atoms with Crippen LogP contribution in [-0.2, 0) is 6.54 Å². The number of rotatable bonds is 4. The zero-order valence-corrected chi connectivity index (χ0v) is 15.4. The van der Waals surface area contributed by atoms with Gasteiger partial charge in [0.25, 0.3) is 5.91 Å². The monoisotopic (exact) mass is 372 g/mol. The molecule has 28 heavy (non-hydrogen) atoms. The molecule has 0 aliphatic carbocycles.